The molecule has 6 nitrogen and oxygen atoms in total. The highest BCUT2D eigenvalue weighted by molar-refractivity contribution is 7.19. The summed E-state index contributed by atoms with van der Waals surface area (Å²) in [7, 11) is 2.86. The van der Waals surface area contributed by atoms with E-state index < -0.39 is 17.7 Å². The lowest BCUT2D eigenvalue weighted by Crippen LogP contribution is -2.35. The van der Waals surface area contributed by atoms with E-state index in [4.69, 9.17) is 14.2 Å². The Morgan fingerprint density at radius 1 is 0.970 bits per heavy atom. The molecule has 1 aromatic heterocycles. The van der Waals surface area contributed by atoms with Gasteiger partial charge in [-0.2, -0.15) is 0 Å². The molecule has 33 heavy (non-hydrogen) atoms. The van der Waals surface area contributed by atoms with Crippen molar-refractivity contribution in [2.75, 3.05) is 14.2 Å². The number of rotatable bonds is 5. The van der Waals surface area contributed by atoms with E-state index in [1.54, 1.807) is 39.2 Å². The van der Waals surface area contributed by atoms with E-state index in [1.807, 2.05) is 42.5 Å². The first-order valence-corrected chi connectivity index (χ1v) is 11.3. The zero-order valence-corrected chi connectivity index (χ0v) is 20.8. The molecular formula is C26H29NO5S. The normalized spacial score (nSPS) is 12.2. The lowest BCUT2D eigenvalue weighted by atomic mass is 9.93. The van der Waals surface area contributed by atoms with Gasteiger partial charge in [0.15, 0.2) is 0 Å². The summed E-state index contributed by atoms with van der Waals surface area (Å²) in [6, 6.07) is 13.3. The molecule has 174 valence electrons. The summed E-state index contributed by atoms with van der Waals surface area (Å²) < 4.78 is 17.2. The fourth-order valence-electron chi connectivity index (χ4n) is 3.53. The van der Waals surface area contributed by atoms with Crippen molar-refractivity contribution in [1.29, 1.82) is 0 Å². The van der Waals surface area contributed by atoms with E-state index in [9.17, 15) is 9.59 Å². The Balaban J connectivity index is 2.41. The van der Waals surface area contributed by atoms with Crippen molar-refractivity contribution in [2.45, 2.75) is 40.2 Å². The van der Waals surface area contributed by atoms with Crippen LogP contribution in [0, 0.1) is 13.8 Å². The molecule has 3 rings (SSSR count). The molecule has 7 heteroatoms. The Bertz CT molecular complexity index is 1220. The number of alkyl carbamates (subject to hydrolysis) is 1. The smallest absolute Gasteiger partial charge is 0.412 e. The molecule has 3 aromatic rings. The van der Waals surface area contributed by atoms with Gasteiger partial charge in [0.25, 0.3) is 0 Å². The molecule has 1 heterocycles. The number of hydrogen-bond donors (Lipinski definition) is 1. The molecule has 0 aliphatic heterocycles. The third-order valence-electron chi connectivity index (χ3n) is 5.10. The zero-order chi connectivity index (χ0) is 24.3. The second-order valence-corrected chi connectivity index (χ2v) is 9.76. The van der Waals surface area contributed by atoms with Crippen LogP contribution in [0.5, 0.6) is 5.75 Å². The number of esters is 1. The van der Waals surface area contributed by atoms with Gasteiger partial charge in [-0.15, -0.1) is 11.3 Å². The number of ether oxygens (including phenoxy) is 3. The number of nitrogens with one attached hydrogen (secondary N) is 1. The predicted octanol–water partition coefficient (Wildman–Crippen LogP) is 5.98. The molecule has 0 bridgehead atoms. The van der Waals surface area contributed by atoms with E-state index in [0.29, 0.717) is 16.9 Å². The maximum atomic E-state index is 13.0. The average molecular weight is 468 g/mol. The predicted molar refractivity (Wildman–Crippen MR) is 132 cm³/mol. The van der Waals surface area contributed by atoms with Crippen molar-refractivity contribution in [3.8, 4) is 5.75 Å². The molecule has 0 radical (unpaired) electrons. The van der Waals surface area contributed by atoms with E-state index >= 15 is 0 Å². The van der Waals surface area contributed by atoms with Gasteiger partial charge in [-0.3, -0.25) is 5.32 Å². The van der Waals surface area contributed by atoms with Crippen LogP contribution >= 0.6 is 11.3 Å². The molecule has 2 aromatic carbocycles. The SMILES string of the molecule is COC(=O)/C(NC(=O)OC(C)(C)C)=C(/c1ccccc1)c1c(OC)ccc2c(C)c(C)sc12. The van der Waals surface area contributed by atoms with Gasteiger partial charge < -0.3 is 14.2 Å². The number of aryl methyl sites for hydroxylation is 2. The van der Waals surface area contributed by atoms with Gasteiger partial charge in [0.05, 0.1) is 14.2 Å². The first-order chi connectivity index (χ1) is 15.6. The van der Waals surface area contributed by atoms with Crippen molar-refractivity contribution in [3.63, 3.8) is 0 Å². The van der Waals surface area contributed by atoms with E-state index in [1.165, 1.54) is 7.11 Å². The first-order valence-electron chi connectivity index (χ1n) is 10.5. The Hall–Kier alpha value is -3.32. The van der Waals surface area contributed by atoms with Crippen LogP contribution in [0.3, 0.4) is 0 Å². The highest BCUT2D eigenvalue weighted by Crippen LogP contribution is 2.43. The van der Waals surface area contributed by atoms with Gasteiger partial charge in [-0.1, -0.05) is 30.3 Å². The Kier molecular flexibility index (Phi) is 7.12. The molecule has 0 unspecified atom stereocenters. The fourth-order valence-corrected chi connectivity index (χ4v) is 4.74. The quantitative estimate of drug-likeness (QED) is 0.369. The van der Waals surface area contributed by atoms with Crippen LogP contribution < -0.4 is 10.1 Å². The van der Waals surface area contributed by atoms with Crippen molar-refractivity contribution in [3.05, 3.63) is 69.7 Å². The molecule has 0 spiro atoms. The number of amides is 1. The van der Waals surface area contributed by atoms with E-state index in [2.05, 4.69) is 19.2 Å². The number of thiophene rings is 1. The van der Waals surface area contributed by atoms with Gasteiger partial charge in [-0.05, 0) is 63.3 Å². The molecule has 0 saturated heterocycles. The highest BCUT2D eigenvalue weighted by atomic mass is 32.1. The van der Waals surface area contributed by atoms with Crippen LogP contribution in [0.2, 0.25) is 0 Å². The minimum absolute atomic E-state index is 0.0209. The summed E-state index contributed by atoms with van der Waals surface area (Å²) in [5.41, 5.74) is 2.33. The van der Waals surface area contributed by atoms with Crippen LogP contribution in [-0.2, 0) is 14.3 Å². The number of fused-ring (bicyclic) bond motifs is 1. The number of benzene rings is 2. The second kappa shape index (κ2) is 9.67. The summed E-state index contributed by atoms with van der Waals surface area (Å²) in [6.07, 6.45) is -0.749. The molecule has 0 aliphatic carbocycles. The molecule has 0 fully saturated rings. The minimum atomic E-state index is -0.749. The van der Waals surface area contributed by atoms with Crippen molar-refractivity contribution in [2.24, 2.45) is 0 Å². The second-order valence-electron chi connectivity index (χ2n) is 8.54. The average Bonchev–Trinajstić information content (AvgIpc) is 3.06. The maximum absolute atomic E-state index is 13.0. The Labute approximate surface area is 198 Å². The fraction of sp³-hybridized carbons (Fsp3) is 0.308. The van der Waals surface area contributed by atoms with Crippen LogP contribution in [0.4, 0.5) is 4.79 Å². The van der Waals surface area contributed by atoms with Crippen molar-refractivity contribution < 1.29 is 23.8 Å². The molecule has 0 aliphatic rings. The van der Waals surface area contributed by atoms with E-state index in [0.717, 1.165) is 26.1 Å². The zero-order valence-electron chi connectivity index (χ0n) is 20.0. The number of carbonyl (C=O) groups is 2. The minimum Gasteiger partial charge on any atom is -0.496 e. The largest absolute Gasteiger partial charge is 0.496 e. The Morgan fingerprint density at radius 2 is 1.64 bits per heavy atom. The molecule has 1 N–H and O–H groups in total. The lowest BCUT2D eigenvalue weighted by molar-refractivity contribution is -0.136. The van der Waals surface area contributed by atoms with Crippen molar-refractivity contribution >= 4 is 39.1 Å². The van der Waals surface area contributed by atoms with Crippen LogP contribution in [0.25, 0.3) is 15.7 Å². The van der Waals surface area contributed by atoms with Gasteiger partial charge in [-0.25, -0.2) is 9.59 Å². The highest BCUT2D eigenvalue weighted by Gasteiger charge is 2.28. The number of methoxy groups -OCH3 is 2. The standard InChI is InChI=1S/C26H29NO5S/c1-15-16(2)33-23-18(15)13-14-19(30-6)21(23)20(17-11-9-8-10-12-17)22(24(28)31-7)27-25(29)32-26(3,4)5/h8-14H,1-7H3,(H,27,29)/b22-20+. The first kappa shape index (κ1) is 24.3. The number of carbonyl (C=O) groups excluding carboxylic acids is 2. The topological polar surface area (TPSA) is 73.9 Å². The van der Waals surface area contributed by atoms with Crippen LogP contribution in [0.15, 0.2) is 48.2 Å². The molecule has 0 atom stereocenters. The Morgan fingerprint density at radius 3 is 2.21 bits per heavy atom. The molecule has 1 amide bonds. The van der Waals surface area contributed by atoms with Gasteiger partial charge in [0, 0.05) is 20.7 Å². The maximum Gasteiger partial charge on any atom is 0.412 e. The molecule has 0 saturated carbocycles. The number of hydrogen-bond acceptors (Lipinski definition) is 6. The molecular weight excluding hydrogens is 438 g/mol. The van der Waals surface area contributed by atoms with E-state index in [-0.39, 0.29) is 5.70 Å². The van der Waals surface area contributed by atoms with Gasteiger partial charge in [0.1, 0.15) is 17.0 Å². The third kappa shape index (κ3) is 5.20. The van der Waals surface area contributed by atoms with Crippen LogP contribution in [0.1, 0.15) is 42.3 Å². The summed E-state index contributed by atoms with van der Waals surface area (Å²) in [5.74, 6) is -0.112. The lowest BCUT2D eigenvalue weighted by Gasteiger charge is -2.22. The summed E-state index contributed by atoms with van der Waals surface area (Å²) >= 11 is 1.61. The van der Waals surface area contributed by atoms with Gasteiger partial charge >= 0.3 is 12.1 Å². The summed E-state index contributed by atoms with van der Waals surface area (Å²) in [4.78, 5) is 26.9. The van der Waals surface area contributed by atoms with Crippen LogP contribution in [-0.4, -0.2) is 31.9 Å². The third-order valence-corrected chi connectivity index (χ3v) is 6.35. The van der Waals surface area contributed by atoms with Gasteiger partial charge in [0.2, 0.25) is 0 Å². The van der Waals surface area contributed by atoms with Crippen molar-refractivity contribution in [1.82, 2.24) is 5.32 Å². The summed E-state index contributed by atoms with van der Waals surface area (Å²) in [6.45, 7) is 9.40. The monoisotopic (exact) mass is 467 g/mol. The summed E-state index contributed by atoms with van der Waals surface area (Å²) in [5, 5.41) is 3.71.